The van der Waals surface area contributed by atoms with E-state index < -0.39 is 6.10 Å². The maximum atomic E-state index is 12.6. The van der Waals surface area contributed by atoms with Crippen LogP contribution in [0.2, 0.25) is 0 Å². The molecule has 0 fully saturated rings. The smallest absolute Gasteiger partial charge is 0.306 e. The summed E-state index contributed by atoms with van der Waals surface area (Å²) in [7, 11) is 0. The minimum atomic E-state index is -0.755. The minimum Gasteiger partial charge on any atom is -0.462 e. The van der Waals surface area contributed by atoms with Crippen LogP contribution in [-0.4, -0.2) is 37.2 Å². The molecule has 296 valence electrons. The second-order valence-corrected chi connectivity index (χ2v) is 15.0. The average molecular weight is 709 g/mol. The van der Waals surface area contributed by atoms with Gasteiger partial charge in [-0.05, 0) is 19.3 Å². The summed E-state index contributed by atoms with van der Waals surface area (Å²) in [5.74, 6) is -0.870. The first-order valence-electron chi connectivity index (χ1n) is 22.0. The number of carbonyl (C=O) groups excluding carboxylic acids is 3. The van der Waals surface area contributed by atoms with Crippen LogP contribution in [0.4, 0.5) is 0 Å². The van der Waals surface area contributed by atoms with Gasteiger partial charge in [0, 0.05) is 19.3 Å². The van der Waals surface area contributed by atoms with Crippen LogP contribution < -0.4 is 0 Å². The summed E-state index contributed by atoms with van der Waals surface area (Å²) in [6.07, 6.45) is 39.7. The van der Waals surface area contributed by atoms with Crippen molar-refractivity contribution in [2.45, 2.75) is 252 Å². The molecule has 0 aromatic rings. The Kier molecular flexibility index (Phi) is 38.9. The van der Waals surface area contributed by atoms with Gasteiger partial charge in [0.25, 0.3) is 0 Å². The molecule has 1 unspecified atom stereocenters. The predicted octanol–water partition coefficient (Wildman–Crippen LogP) is 13.7. The molecule has 1 atom stereocenters. The molecule has 0 saturated heterocycles. The largest absolute Gasteiger partial charge is 0.462 e. The van der Waals surface area contributed by atoms with Crippen LogP contribution in [-0.2, 0) is 28.6 Å². The van der Waals surface area contributed by atoms with Gasteiger partial charge in [0.15, 0.2) is 6.10 Å². The molecule has 0 rings (SSSR count). The third kappa shape index (κ3) is 37.7. The normalized spacial score (nSPS) is 11.8. The van der Waals surface area contributed by atoms with Crippen molar-refractivity contribution in [2.24, 2.45) is 0 Å². The van der Waals surface area contributed by atoms with Crippen molar-refractivity contribution >= 4 is 17.9 Å². The first kappa shape index (κ1) is 48.4. The first-order valence-corrected chi connectivity index (χ1v) is 22.0. The Labute approximate surface area is 310 Å². The predicted molar refractivity (Wildman–Crippen MR) is 210 cm³/mol. The van der Waals surface area contributed by atoms with Crippen LogP contribution in [0.1, 0.15) is 245 Å². The van der Waals surface area contributed by atoms with Crippen LogP contribution in [0.5, 0.6) is 0 Å². The maximum Gasteiger partial charge on any atom is 0.306 e. The number of ether oxygens (including phenoxy) is 3. The summed E-state index contributed by atoms with van der Waals surface area (Å²) in [6.45, 7) is 6.56. The Morgan fingerprint density at radius 2 is 0.540 bits per heavy atom. The monoisotopic (exact) mass is 709 g/mol. The van der Waals surface area contributed by atoms with E-state index in [9.17, 15) is 14.4 Å². The van der Waals surface area contributed by atoms with Crippen molar-refractivity contribution in [3.8, 4) is 0 Å². The molecule has 0 amide bonds. The number of rotatable bonds is 40. The van der Waals surface area contributed by atoms with Gasteiger partial charge in [-0.1, -0.05) is 207 Å². The zero-order valence-corrected chi connectivity index (χ0v) is 33.7. The molecule has 0 aromatic carbocycles. The summed E-state index contributed by atoms with van der Waals surface area (Å²) in [4.78, 5) is 37.3. The maximum absolute atomic E-state index is 12.6. The lowest BCUT2D eigenvalue weighted by atomic mass is 10.0. The van der Waals surface area contributed by atoms with Crippen molar-refractivity contribution in [1.82, 2.24) is 0 Å². The van der Waals surface area contributed by atoms with Gasteiger partial charge in [-0.3, -0.25) is 14.4 Å². The average Bonchev–Trinajstić information content (AvgIpc) is 3.11. The van der Waals surface area contributed by atoms with E-state index in [-0.39, 0.29) is 31.1 Å². The van der Waals surface area contributed by atoms with E-state index in [0.717, 1.165) is 64.2 Å². The molecule has 0 aliphatic carbocycles. The van der Waals surface area contributed by atoms with Gasteiger partial charge in [0.05, 0.1) is 0 Å². The molecule has 0 aliphatic heterocycles. The second-order valence-electron chi connectivity index (χ2n) is 15.0. The fourth-order valence-corrected chi connectivity index (χ4v) is 6.50. The van der Waals surface area contributed by atoms with Crippen molar-refractivity contribution in [3.63, 3.8) is 0 Å². The van der Waals surface area contributed by atoms with Crippen LogP contribution >= 0.6 is 0 Å². The zero-order chi connectivity index (χ0) is 36.6. The summed E-state index contributed by atoms with van der Waals surface area (Å²) < 4.78 is 16.6. The summed E-state index contributed by atoms with van der Waals surface area (Å²) in [5.41, 5.74) is 0. The standard InChI is InChI=1S/C44H84O6/c1-4-7-10-13-15-17-19-20-21-22-23-24-25-27-28-31-34-37-43(46)49-40-41(39-48-42(45)36-33-30-12-9-6-3)50-44(47)38-35-32-29-26-18-16-14-11-8-5-2/h41H,4-40H2,1-3H3. The summed E-state index contributed by atoms with van der Waals surface area (Å²) in [5, 5.41) is 0. The number of esters is 3. The fraction of sp³-hybridized carbons (Fsp3) is 0.932. The van der Waals surface area contributed by atoms with Crippen LogP contribution in [0.15, 0.2) is 0 Å². The quantitative estimate of drug-likeness (QED) is 0.0358. The highest BCUT2D eigenvalue weighted by atomic mass is 16.6. The molecule has 0 bridgehead atoms. The molecule has 0 saturated carbocycles. The second kappa shape index (κ2) is 40.2. The van der Waals surface area contributed by atoms with Crippen LogP contribution in [0.3, 0.4) is 0 Å². The molecule has 0 N–H and O–H groups in total. The first-order chi connectivity index (χ1) is 24.5. The molecule has 0 radical (unpaired) electrons. The molecule has 0 aliphatic rings. The van der Waals surface area contributed by atoms with Gasteiger partial charge in [-0.2, -0.15) is 0 Å². The van der Waals surface area contributed by atoms with Gasteiger partial charge in [0.1, 0.15) is 13.2 Å². The van der Waals surface area contributed by atoms with E-state index in [1.54, 1.807) is 0 Å². The fourth-order valence-electron chi connectivity index (χ4n) is 6.50. The number of hydrogen-bond donors (Lipinski definition) is 0. The third-order valence-corrected chi connectivity index (χ3v) is 9.86. The van der Waals surface area contributed by atoms with Crippen LogP contribution in [0, 0.1) is 0 Å². The minimum absolute atomic E-state index is 0.0641. The van der Waals surface area contributed by atoms with E-state index in [1.807, 2.05) is 0 Å². The molecule has 0 aromatic heterocycles. The molecule has 0 spiro atoms. The number of hydrogen-bond acceptors (Lipinski definition) is 6. The molecule has 50 heavy (non-hydrogen) atoms. The SMILES string of the molecule is CCCCCCCCCCCCCCCCCCCC(=O)OCC(COC(=O)CCCCCCC)OC(=O)CCCCCCCCCCCC. The molecule has 6 heteroatoms. The van der Waals surface area contributed by atoms with Gasteiger partial charge in [-0.25, -0.2) is 0 Å². The van der Waals surface area contributed by atoms with Crippen molar-refractivity contribution in [3.05, 3.63) is 0 Å². The Bertz CT molecular complexity index is 738. The zero-order valence-electron chi connectivity index (χ0n) is 33.7. The van der Waals surface area contributed by atoms with Gasteiger partial charge < -0.3 is 14.2 Å². The van der Waals surface area contributed by atoms with Gasteiger partial charge >= 0.3 is 17.9 Å². The summed E-state index contributed by atoms with van der Waals surface area (Å²) in [6, 6.07) is 0. The van der Waals surface area contributed by atoms with Crippen molar-refractivity contribution in [1.29, 1.82) is 0 Å². The van der Waals surface area contributed by atoms with E-state index >= 15 is 0 Å². The molecule has 6 nitrogen and oxygen atoms in total. The van der Waals surface area contributed by atoms with E-state index in [0.29, 0.717) is 19.3 Å². The van der Waals surface area contributed by atoms with Crippen molar-refractivity contribution in [2.75, 3.05) is 13.2 Å². The van der Waals surface area contributed by atoms with Gasteiger partial charge in [-0.15, -0.1) is 0 Å². The highest BCUT2D eigenvalue weighted by molar-refractivity contribution is 5.71. The Morgan fingerprint density at radius 1 is 0.320 bits per heavy atom. The lowest BCUT2D eigenvalue weighted by Crippen LogP contribution is -2.30. The number of unbranched alkanes of at least 4 members (excludes halogenated alkanes) is 29. The van der Waals surface area contributed by atoms with E-state index in [4.69, 9.17) is 14.2 Å². The lowest BCUT2D eigenvalue weighted by molar-refractivity contribution is -0.167. The highest BCUT2D eigenvalue weighted by Crippen LogP contribution is 2.16. The van der Waals surface area contributed by atoms with Crippen LogP contribution in [0.25, 0.3) is 0 Å². The molecule has 0 heterocycles. The topological polar surface area (TPSA) is 78.9 Å². The summed E-state index contributed by atoms with van der Waals surface area (Å²) >= 11 is 0. The lowest BCUT2D eigenvalue weighted by Gasteiger charge is -2.18. The van der Waals surface area contributed by atoms with E-state index in [1.165, 1.54) is 141 Å². The van der Waals surface area contributed by atoms with Gasteiger partial charge in [0.2, 0.25) is 0 Å². The number of carbonyl (C=O) groups is 3. The third-order valence-electron chi connectivity index (χ3n) is 9.86. The highest BCUT2D eigenvalue weighted by Gasteiger charge is 2.19. The van der Waals surface area contributed by atoms with Crippen molar-refractivity contribution < 1.29 is 28.6 Å². The Morgan fingerprint density at radius 3 is 0.800 bits per heavy atom. The molecular weight excluding hydrogens is 624 g/mol. The van der Waals surface area contributed by atoms with E-state index in [2.05, 4.69) is 20.8 Å². The Balaban J connectivity index is 4.13. The Hall–Kier alpha value is -1.59. The molecular formula is C44H84O6.